The number of carboxylic acids is 3. The molecule has 0 radical (unpaired) electrons. The van der Waals surface area contributed by atoms with Crippen LogP contribution in [-0.4, -0.2) is 112 Å². The zero-order valence-electron chi connectivity index (χ0n) is 38.3. The maximum Gasteiger partial charge on any atom is 0.326 e. The summed E-state index contributed by atoms with van der Waals surface area (Å²) in [7, 11) is 0. The number of alkyl halides is 1. The van der Waals surface area contributed by atoms with Gasteiger partial charge in [0.2, 0.25) is 29.5 Å². The lowest BCUT2D eigenvalue weighted by Gasteiger charge is -2.18. The van der Waals surface area contributed by atoms with Gasteiger partial charge in [0.25, 0.3) is 0 Å². The first-order valence-electron chi connectivity index (χ1n) is 23.8. The van der Waals surface area contributed by atoms with Crippen molar-refractivity contribution in [1.82, 2.24) is 26.6 Å². The maximum absolute atomic E-state index is 12.4. The molecular formula is C45H82BrN7O11. The molecule has 0 fully saturated rings. The number of aliphatic carboxylic acids is 3. The lowest BCUT2D eigenvalue weighted by molar-refractivity contribution is -0.142. The topological polar surface area (TPSA) is 309 Å². The Morgan fingerprint density at radius 3 is 1.23 bits per heavy atom. The van der Waals surface area contributed by atoms with Crippen molar-refractivity contribution < 1.29 is 53.7 Å². The van der Waals surface area contributed by atoms with E-state index in [4.69, 9.17) is 16.6 Å². The molecule has 0 aromatic rings. The van der Waals surface area contributed by atoms with Gasteiger partial charge in [0, 0.05) is 38.9 Å². The fraction of sp³-hybridized carbons (Fsp3) is 0.822. The normalized spacial score (nSPS) is 12.9. The van der Waals surface area contributed by atoms with Crippen molar-refractivity contribution in [2.45, 2.75) is 210 Å². The molecule has 0 rings (SSSR count). The quantitative estimate of drug-likeness (QED) is 0.0287. The van der Waals surface area contributed by atoms with Gasteiger partial charge >= 0.3 is 17.9 Å². The van der Waals surface area contributed by atoms with Crippen molar-refractivity contribution in [1.29, 1.82) is 0 Å². The molecule has 12 N–H and O–H groups in total. The summed E-state index contributed by atoms with van der Waals surface area (Å²) in [6, 6.07) is -3.89. The third-order valence-electron chi connectivity index (χ3n) is 11.0. The highest BCUT2D eigenvalue weighted by atomic mass is 79.9. The average Bonchev–Trinajstić information content (AvgIpc) is 3.25. The van der Waals surface area contributed by atoms with E-state index in [1.54, 1.807) is 0 Å². The molecule has 0 aliphatic carbocycles. The van der Waals surface area contributed by atoms with Crippen molar-refractivity contribution in [2.75, 3.05) is 25.0 Å². The van der Waals surface area contributed by atoms with Crippen molar-refractivity contribution in [2.24, 2.45) is 11.5 Å². The fourth-order valence-electron chi connectivity index (χ4n) is 7.02. The Labute approximate surface area is 389 Å². The molecule has 0 saturated heterocycles. The van der Waals surface area contributed by atoms with Crippen molar-refractivity contribution >= 4 is 63.4 Å². The molecule has 0 aliphatic rings. The van der Waals surface area contributed by atoms with Gasteiger partial charge in [-0.15, -0.1) is 0 Å². The number of nitrogens with two attached hydrogens (primary N) is 2. The molecule has 0 bridgehead atoms. The van der Waals surface area contributed by atoms with E-state index in [-0.39, 0.29) is 61.1 Å². The van der Waals surface area contributed by atoms with Crippen molar-refractivity contribution in [3.05, 3.63) is 0 Å². The molecule has 0 heterocycles. The molecule has 4 atom stereocenters. The summed E-state index contributed by atoms with van der Waals surface area (Å²) in [5, 5.41) is 41.1. The van der Waals surface area contributed by atoms with Crippen LogP contribution in [0.1, 0.15) is 186 Å². The highest BCUT2D eigenvalue weighted by Gasteiger charge is 2.23. The summed E-state index contributed by atoms with van der Waals surface area (Å²) in [6.45, 7) is 1.06. The van der Waals surface area contributed by atoms with Crippen LogP contribution in [0.25, 0.3) is 0 Å². The Hall–Kier alpha value is -3.84. The number of nitrogens with one attached hydrogen (secondary N) is 5. The van der Waals surface area contributed by atoms with E-state index in [0.717, 1.165) is 38.5 Å². The van der Waals surface area contributed by atoms with Gasteiger partial charge in [-0.2, -0.15) is 0 Å². The zero-order valence-corrected chi connectivity index (χ0v) is 39.9. The summed E-state index contributed by atoms with van der Waals surface area (Å²) in [4.78, 5) is 94.7. The van der Waals surface area contributed by atoms with Gasteiger partial charge in [-0.25, -0.2) is 9.59 Å². The lowest BCUT2D eigenvalue weighted by Crippen LogP contribution is -2.48. The molecule has 5 amide bonds. The van der Waals surface area contributed by atoms with Crippen LogP contribution < -0.4 is 38.1 Å². The van der Waals surface area contributed by atoms with E-state index in [0.29, 0.717) is 77.4 Å². The van der Waals surface area contributed by atoms with Crippen LogP contribution in [0.3, 0.4) is 0 Å². The van der Waals surface area contributed by atoms with Gasteiger partial charge in [-0.3, -0.25) is 28.8 Å². The molecule has 0 aliphatic heterocycles. The first-order chi connectivity index (χ1) is 30.7. The number of carboxylic acid groups (broad SMARTS) is 3. The van der Waals surface area contributed by atoms with E-state index in [1.165, 1.54) is 57.8 Å². The number of rotatable bonds is 44. The largest absolute Gasteiger partial charge is 0.481 e. The molecule has 370 valence electrons. The molecule has 0 spiro atoms. The summed E-state index contributed by atoms with van der Waals surface area (Å²) >= 11 is 3.05. The number of hydrogen-bond donors (Lipinski definition) is 10. The van der Waals surface area contributed by atoms with Crippen LogP contribution in [0, 0.1) is 0 Å². The van der Waals surface area contributed by atoms with Gasteiger partial charge in [0.1, 0.15) is 12.1 Å². The number of unbranched alkanes of at least 4 members (excludes halogenated alkanes) is 18. The Balaban J connectivity index is 3.95. The van der Waals surface area contributed by atoms with E-state index in [2.05, 4.69) is 42.5 Å². The Morgan fingerprint density at radius 1 is 0.391 bits per heavy atom. The van der Waals surface area contributed by atoms with E-state index in [1.807, 2.05) is 0 Å². The van der Waals surface area contributed by atoms with E-state index >= 15 is 0 Å². The zero-order chi connectivity index (χ0) is 47.8. The minimum absolute atomic E-state index is 0.0273. The van der Waals surface area contributed by atoms with Crippen LogP contribution in [-0.2, 0) is 38.4 Å². The second-order valence-corrected chi connectivity index (χ2v) is 17.3. The van der Waals surface area contributed by atoms with Crippen LogP contribution in [0.15, 0.2) is 0 Å². The third kappa shape index (κ3) is 36.5. The summed E-state index contributed by atoms with van der Waals surface area (Å²) in [5.74, 6) is -4.78. The minimum atomic E-state index is -1.19. The third-order valence-corrected chi connectivity index (χ3v) is 11.5. The van der Waals surface area contributed by atoms with Crippen LogP contribution in [0.4, 0.5) is 0 Å². The van der Waals surface area contributed by atoms with Crippen molar-refractivity contribution in [3.8, 4) is 0 Å². The van der Waals surface area contributed by atoms with Gasteiger partial charge in [0.15, 0.2) is 0 Å². The second-order valence-electron chi connectivity index (χ2n) is 16.8. The smallest absolute Gasteiger partial charge is 0.326 e. The van der Waals surface area contributed by atoms with Gasteiger partial charge in [0.05, 0.1) is 17.4 Å². The Bertz CT molecular complexity index is 1340. The van der Waals surface area contributed by atoms with Crippen LogP contribution >= 0.6 is 15.9 Å². The molecule has 64 heavy (non-hydrogen) atoms. The standard InChI is InChI=1S/C45H82BrN7O11/c46-33-40(56)50-31-22-19-25-36(44(61)62)53-43(60)35(48)24-18-21-32-51-42(59)34(47)23-17-20-30-49-38(54)29-28-37(45(63)64)52-39(55)26-15-13-11-9-7-5-3-1-2-4-6-8-10-12-14-16-27-41(57)58/h34-37H,1-33,47-48H2,(H,49,54)(H,50,56)(H,51,59)(H,52,55)(H,53,60)(H,57,58)(H,61,62)(H,63,64)/t34-,35-,36-,37-/m0/s1. The second kappa shape index (κ2) is 40.7. The summed E-state index contributed by atoms with van der Waals surface area (Å²) in [5.41, 5.74) is 12.0. The maximum atomic E-state index is 12.4. The van der Waals surface area contributed by atoms with Gasteiger partial charge in [-0.05, 0) is 77.0 Å². The predicted octanol–water partition coefficient (Wildman–Crippen LogP) is 4.92. The Kier molecular flexibility index (Phi) is 38.2. The number of amides is 5. The molecule has 0 unspecified atom stereocenters. The molecule has 19 heteroatoms. The fourth-order valence-corrected chi connectivity index (χ4v) is 7.22. The SMILES string of the molecule is N[C@@H](CCCCNC(=O)CC[C@H](NC(=O)CCCCCCCCCCCCCCCCCCC(=O)O)C(=O)O)C(=O)NCCCC[C@H](N)C(=O)N[C@@H](CCCCNC(=O)CBr)C(=O)O. The molecule has 0 aromatic heterocycles. The summed E-state index contributed by atoms with van der Waals surface area (Å²) < 4.78 is 0. The molecule has 0 aromatic carbocycles. The van der Waals surface area contributed by atoms with Crippen LogP contribution in [0.5, 0.6) is 0 Å². The lowest BCUT2D eigenvalue weighted by atomic mass is 10.0. The summed E-state index contributed by atoms with van der Waals surface area (Å²) in [6.07, 6.45) is 22.3. The predicted molar refractivity (Wildman–Crippen MR) is 249 cm³/mol. The number of hydrogen-bond acceptors (Lipinski definition) is 10. The number of carbonyl (C=O) groups excluding carboxylic acids is 5. The van der Waals surface area contributed by atoms with E-state index < -0.39 is 48.0 Å². The Morgan fingerprint density at radius 2 is 0.781 bits per heavy atom. The highest BCUT2D eigenvalue weighted by molar-refractivity contribution is 9.09. The number of carbonyl (C=O) groups is 8. The molecule has 0 saturated carbocycles. The first-order valence-corrected chi connectivity index (χ1v) is 24.9. The molecule has 18 nitrogen and oxygen atoms in total. The average molecular weight is 977 g/mol. The van der Waals surface area contributed by atoms with Crippen LogP contribution in [0.2, 0.25) is 0 Å². The number of halogens is 1. The van der Waals surface area contributed by atoms with Gasteiger partial charge < -0.3 is 53.4 Å². The van der Waals surface area contributed by atoms with Crippen molar-refractivity contribution in [3.63, 3.8) is 0 Å². The van der Waals surface area contributed by atoms with E-state index in [9.17, 15) is 48.6 Å². The highest BCUT2D eigenvalue weighted by Crippen LogP contribution is 2.15. The molecular weight excluding hydrogens is 894 g/mol. The first kappa shape index (κ1) is 60.2. The van der Waals surface area contributed by atoms with Gasteiger partial charge in [-0.1, -0.05) is 106 Å². The monoisotopic (exact) mass is 976 g/mol. The minimum Gasteiger partial charge on any atom is -0.481 e.